The molecule has 21 heavy (non-hydrogen) atoms. The monoisotopic (exact) mass is 288 g/mol. The van der Waals surface area contributed by atoms with Crippen LogP contribution in [-0.2, 0) is 11.8 Å². The Bertz CT molecular complexity index is 673. The molecule has 2 aromatic rings. The van der Waals surface area contributed by atoms with Gasteiger partial charge in [0.25, 0.3) is 5.91 Å². The topological polar surface area (TPSA) is 71.3 Å². The number of aliphatic carboxylic acids is 1. The molecular weight excluding hydrogens is 268 g/mol. The fraction of sp³-hybridized carbons (Fsp3) is 0.375. The Labute approximate surface area is 123 Å². The molecule has 1 aromatic heterocycles. The minimum absolute atomic E-state index is 0.193. The summed E-state index contributed by atoms with van der Waals surface area (Å²) < 4.78 is 1.86. The van der Waals surface area contributed by atoms with Gasteiger partial charge in [0.1, 0.15) is 6.04 Å². The lowest BCUT2D eigenvalue weighted by Gasteiger charge is -2.16. The predicted octanol–water partition coefficient (Wildman–Crippen LogP) is 2.41. The SMILES string of the molecule is CC(C)C[C@H](NC(=O)c1cn(C)c2ccccc12)C(=O)O. The molecule has 1 amide bonds. The molecule has 0 bridgehead atoms. The molecule has 0 saturated carbocycles. The van der Waals surface area contributed by atoms with Crippen LogP contribution in [0, 0.1) is 5.92 Å². The van der Waals surface area contributed by atoms with Crippen LogP contribution in [0.5, 0.6) is 0 Å². The van der Waals surface area contributed by atoms with Crippen molar-refractivity contribution in [2.45, 2.75) is 26.3 Å². The van der Waals surface area contributed by atoms with Gasteiger partial charge >= 0.3 is 5.97 Å². The maximum Gasteiger partial charge on any atom is 0.326 e. The first-order valence-corrected chi connectivity index (χ1v) is 6.98. The zero-order valence-electron chi connectivity index (χ0n) is 12.5. The largest absolute Gasteiger partial charge is 0.480 e. The molecule has 0 radical (unpaired) electrons. The van der Waals surface area contributed by atoms with Crippen molar-refractivity contribution in [3.63, 3.8) is 0 Å². The molecule has 0 aliphatic rings. The van der Waals surface area contributed by atoms with Crippen LogP contribution >= 0.6 is 0 Å². The molecular formula is C16H20N2O3. The van der Waals surface area contributed by atoms with E-state index in [2.05, 4.69) is 5.32 Å². The van der Waals surface area contributed by atoms with E-state index in [9.17, 15) is 14.7 Å². The highest BCUT2D eigenvalue weighted by Crippen LogP contribution is 2.20. The second-order valence-corrected chi connectivity index (χ2v) is 5.66. The average molecular weight is 288 g/mol. The van der Waals surface area contributed by atoms with Gasteiger partial charge in [0.2, 0.25) is 0 Å². The molecule has 2 N–H and O–H groups in total. The van der Waals surface area contributed by atoms with Crippen molar-refractivity contribution in [2.24, 2.45) is 13.0 Å². The summed E-state index contributed by atoms with van der Waals surface area (Å²) in [4.78, 5) is 23.6. The van der Waals surface area contributed by atoms with E-state index in [-0.39, 0.29) is 11.8 Å². The number of amides is 1. The zero-order valence-corrected chi connectivity index (χ0v) is 12.5. The van der Waals surface area contributed by atoms with E-state index in [4.69, 9.17) is 0 Å². The molecule has 5 heteroatoms. The lowest BCUT2D eigenvalue weighted by atomic mass is 10.0. The third-order valence-electron chi connectivity index (χ3n) is 3.45. The Morgan fingerprint density at radius 1 is 1.29 bits per heavy atom. The Morgan fingerprint density at radius 3 is 2.57 bits per heavy atom. The molecule has 1 aromatic carbocycles. The Balaban J connectivity index is 2.28. The summed E-state index contributed by atoms with van der Waals surface area (Å²) in [6.45, 7) is 3.86. The molecule has 1 heterocycles. The number of carboxylic acids is 1. The summed E-state index contributed by atoms with van der Waals surface area (Å²) in [6, 6.07) is 6.69. The lowest BCUT2D eigenvalue weighted by Crippen LogP contribution is -2.41. The van der Waals surface area contributed by atoms with Crippen molar-refractivity contribution >= 4 is 22.8 Å². The van der Waals surface area contributed by atoms with E-state index in [0.29, 0.717) is 12.0 Å². The van der Waals surface area contributed by atoms with Gasteiger partial charge in [0.15, 0.2) is 0 Å². The van der Waals surface area contributed by atoms with Crippen LogP contribution in [0.4, 0.5) is 0 Å². The number of nitrogens with one attached hydrogen (secondary N) is 1. The lowest BCUT2D eigenvalue weighted by molar-refractivity contribution is -0.139. The van der Waals surface area contributed by atoms with Crippen LogP contribution in [0.2, 0.25) is 0 Å². The molecule has 0 aliphatic carbocycles. The van der Waals surface area contributed by atoms with E-state index in [1.165, 1.54) is 0 Å². The third kappa shape index (κ3) is 3.24. The number of benzene rings is 1. The molecule has 0 aliphatic heterocycles. The van der Waals surface area contributed by atoms with Crippen LogP contribution in [0.15, 0.2) is 30.5 Å². The number of carbonyl (C=O) groups is 2. The summed E-state index contributed by atoms with van der Waals surface area (Å²) in [5, 5.41) is 12.7. The number of carboxylic acid groups (broad SMARTS) is 1. The standard InChI is InChI=1S/C16H20N2O3/c1-10(2)8-13(16(20)21)17-15(19)12-9-18(3)14-7-5-4-6-11(12)14/h4-7,9-10,13H,8H2,1-3H3,(H,17,19)(H,20,21)/t13-/m0/s1. The fourth-order valence-corrected chi connectivity index (χ4v) is 2.45. The number of hydrogen-bond donors (Lipinski definition) is 2. The first kappa shape index (κ1) is 15.1. The van der Waals surface area contributed by atoms with E-state index in [1.807, 2.05) is 49.7 Å². The van der Waals surface area contributed by atoms with Crippen LogP contribution in [0.25, 0.3) is 10.9 Å². The molecule has 0 spiro atoms. The van der Waals surface area contributed by atoms with Crippen molar-refractivity contribution in [3.05, 3.63) is 36.0 Å². The summed E-state index contributed by atoms with van der Waals surface area (Å²) in [5.41, 5.74) is 1.45. The van der Waals surface area contributed by atoms with E-state index < -0.39 is 12.0 Å². The number of carbonyl (C=O) groups excluding carboxylic acids is 1. The summed E-state index contributed by atoms with van der Waals surface area (Å²) in [6.07, 6.45) is 2.14. The minimum Gasteiger partial charge on any atom is -0.480 e. The summed E-state index contributed by atoms with van der Waals surface area (Å²) in [7, 11) is 1.86. The molecule has 5 nitrogen and oxygen atoms in total. The van der Waals surface area contributed by atoms with Crippen LogP contribution in [-0.4, -0.2) is 27.6 Å². The predicted molar refractivity (Wildman–Crippen MR) is 81.3 cm³/mol. The second kappa shape index (κ2) is 5.99. The maximum absolute atomic E-state index is 12.4. The highest BCUT2D eigenvalue weighted by Gasteiger charge is 2.23. The van der Waals surface area contributed by atoms with Crippen molar-refractivity contribution in [1.82, 2.24) is 9.88 Å². The average Bonchev–Trinajstić information content (AvgIpc) is 2.75. The number of rotatable bonds is 5. The number of fused-ring (bicyclic) bond motifs is 1. The molecule has 0 unspecified atom stereocenters. The maximum atomic E-state index is 12.4. The van der Waals surface area contributed by atoms with Gasteiger partial charge in [-0.3, -0.25) is 4.79 Å². The number of aryl methyl sites for hydroxylation is 1. The molecule has 0 fully saturated rings. The number of nitrogens with zero attached hydrogens (tertiary/aromatic N) is 1. The quantitative estimate of drug-likeness (QED) is 0.887. The van der Waals surface area contributed by atoms with Crippen molar-refractivity contribution in [1.29, 1.82) is 0 Å². The van der Waals surface area contributed by atoms with E-state index >= 15 is 0 Å². The number of aromatic nitrogens is 1. The Morgan fingerprint density at radius 2 is 1.95 bits per heavy atom. The summed E-state index contributed by atoms with van der Waals surface area (Å²) in [5.74, 6) is -1.16. The van der Waals surface area contributed by atoms with Gasteiger partial charge in [-0.25, -0.2) is 4.79 Å². The molecule has 112 valence electrons. The third-order valence-corrected chi connectivity index (χ3v) is 3.45. The highest BCUT2D eigenvalue weighted by molar-refractivity contribution is 6.07. The van der Waals surface area contributed by atoms with Crippen molar-refractivity contribution in [2.75, 3.05) is 0 Å². The normalized spacial score (nSPS) is 12.6. The van der Waals surface area contributed by atoms with Gasteiger partial charge in [-0.1, -0.05) is 32.0 Å². The van der Waals surface area contributed by atoms with Gasteiger partial charge in [0.05, 0.1) is 5.56 Å². The second-order valence-electron chi connectivity index (χ2n) is 5.66. The highest BCUT2D eigenvalue weighted by atomic mass is 16.4. The van der Waals surface area contributed by atoms with Crippen LogP contribution in [0.1, 0.15) is 30.6 Å². The Kier molecular flexibility index (Phi) is 4.31. The van der Waals surface area contributed by atoms with Crippen molar-refractivity contribution < 1.29 is 14.7 Å². The number of para-hydroxylation sites is 1. The van der Waals surface area contributed by atoms with Crippen LogP contribution in [0.3, 0.4) is 0 Å². The van der Waals surface area contributed by atoms with E-state index in [1.54, 1.807) is 6.20 Å². The molecule has 1 atom stereocenters. The van der Waals surface area contributed by atoms with Gasteiger partial charge < -0.3 is 15.0 Å². The molecule has 0 saturated heterocycles. The van der Waals surface area contributed by atoms with Gasteiger partial charge in [-0.2, -0.15) is 0 Å². The number of hydrogen-bond acceptors (Lipinski definition) is 2. The van der Waals surface area contributed by atoms with Gasteiger partial charge in [-0.05, 0) is 18.4 Å². The smallest absolute Gasteiger partial charge is 0.326 e. The van der Waals surface area contributed by atoms with Crippen molar-refractivity contribution in [3.8, 4) is 0 Å². The zero-order chi connectivity index (χ0) is 15.6. The minimum atomic E-state index is -1.00. The first-order chi connectivity index (χ1) is 9.90. The Hall–Kier alpha value is -2.30. The molecule has 2 rings (SSSR count). The van der Waals surface area contributed by atoms with Crippen LogP contribution < -0.4 is 5.32 Å². The summed E-state index contributed by atoms with van der Waals surface area (Å²) >= 11 is 0. The van der Waals surface area contributed by atoms with Gasteiger partial charge in [0, 0.05) is 24.1 Å². The van der Waals surface area contributed by atoms with E-state index in [0.717, 1.165) is 10.9 Å². The first-order valence-electron chi connectivity index (χ1n) is 6.98. The van der Waals surface area contributed by atoms with Gasteiger partial charge in [-0.15, -0.1) is 0 Å². The fourth-order valence-electron chi connectivity index (χ4n) is 2.45.